The molecule has 0 fully saturated rings. The van der Waals surface area contributed by atoms with Gasteiger partial charge in [-0.3, -0.25) is 4.79 Å². The van der Waals surface area contributed by atoms with Crippen molar-refractivity contribution in [3.8, 4) is 0 Å². The molecule has 0 aromatic heterocycles. The highest BCUT2D eigenvalue weighted by molar-refractivity contribution is 6.02. The first kappa shape index (κ1) is 18.6. The van der Waals surface area contributed by atoms with Crippen LogP contribution in [0.4, 0.5) is 0 Å². The molecule has 0 saturated carbocycles. The number of methoxy groups -OCH3 is 1. The van der Waals surface area contributed by atoms with Gasteiger partial charge in [-0.05, 0) is 25.0 Å². The Hall–Kier alpha value is -1.38. The summed E-state index contributed by atoms with van der Waals surface area (Å²) in [4.78, 5) is 22.1. The molecule has 3 heteroatoms. The second-order valence-electron chi connectivity index (χ2n) is 4.92. The van der Waals surface area contributed by atoms with E-state index in [1.807, 2.05) is 6.08 Å². The second kappa shape index (κ2) is 14.0. The molecule has 0 aromatic rings. The van der Waals surface area contributed by atoms with Crippen LogP contribution < -0.4 is 0 Å². The number of unbranched alkanes of at least 4 members (excludes halogenated alkanes) is 8. The van der Waals surface area contributed by atoms with E-state index in [0.29, 0.717) is 0 Å². The van der Waals surface area contributed by atoms with Crippen LogP contribution in [0.1, 0.15) is 64.7 Å². The molecule has 0 amide bonds. The molecule has 0 heterocycles. The van der Waals surface area contributed by atoms with E-state index in [4.69, 9.17) is 0 Å². The van der Waals surface area contributed by atoms with Crippen molar-refractivity contribution < 1.29 is 14.3 Å². The number of esters is 1. The van der Waals surface area contributed by atoms with Crippen molar-refractivity contribution in [3.05, 3.63) is 24.3 Å². The smallest absolute Gasteiger partial charge is 0.330 e. The van der Waals surface area contributed by atoms with Gasteiger partial charge in [0.2, 0.25) is 0 Å². The Bertz CT molecular complexity index is 316. The van der Waals surface area contributed by atoms with E-state index < -0.39 is 5.97 Å². The molecule has 0 atom stereocenters. The van der Waals surface area contributed by atoms with Gasteiger partial charge in [-0.1, -0.05) is 57.9 Å². The Morgan fingerprint density at radius 2 is 1.45 bits per heavy atom. The minimum atomic E-state index is -0.505. The van der Waals surface area contributed by atoms with Crippen molar-refractivity contribution >= 4 is 11.8 Å². The zero-order valence-electron chi connectivity index (χ0n) is 12.9. The van der Waals surface area contributed by atoms with Gasteiger partial charge >= 0.3 is 5.97 Å². The number of ketones is 1. The lowest BCUT2D eigenvalue weighted by molar-refractivity contribution is -0.135. The van der Waals surface area contributed by atoms with E-state index in [-0.39, 0.29) is 5.78 Å². The Morgan fingerprint density at radius 3 is 2.05 bits per heavy atom. The van der Waals surface area contributed by atoms with Crippen LogP contribution >= 0.6 is 0 Å². The molecule has 0 radical (unpaired) electrons. The summed E-state index contributed by atoms with van der Waals surface area (Å²) in [7, 11) is 1.29. The lowest BCUT2D eigenvalue weighted by atomic mass is 10.1. The maximum atomic E-state index is 11.3. The van der Waals surface area contributed by atoms with E-state index in [9.17, 15) is 9.59 Å². The van der Waals surface area contributed by atoms with Gasteiger partial charge in [-0.15, -0.1) is 0 Å². The highest BCUT2D eigenvalue weighted by Crippen LogP contribution is 2.09. The molecule has 3 nitrogen and oxygen atoms in total. The van der Waals surface area contributed by atoms with Crippen molar-refractivity contribution in [1.82, 2.24) is 0 Å². The van der Waals surface area contributed by atoms with Crippen LogP contribution in [0.25, 0.3) is 0 Å². The Balaban J connectivity index is 3.45. The average Bonchev–Trinajstić information content (AvgIpc) is 2.46. The fourth-order valence-electron chi connectivity index (χ4n) is 1.87. The fourth-order valence-corrected chi connectivity index (χ4v) is 1.87. The van der Waals surface area contributed by atoms with Gasteiger partial charge in [0.05, 0.1) is 7.11 Å². The maximum Gasteiger partial charge on any atom is 0.330 e. The third kappa shape index (κ3) is 13.1. The van der Waals surface area contributed by atoms with E-state index in [2.05, 4.69) is 11.7 Å². The zero-order chi connectivity index (χ0) is 15.1. The second-order valence-corrected chi connectivity index (χ2v) is 4.92. The molecule has 0 aromatic carbocycles. The van der Waals surface area contributed by atoms with Crippen molar-refractivity contribution in [2.45, 2.75) is 64.7 Å². The summed E-state index contributed by atoms with van der Waals surface area (Å²) in [6.07, 6.45) is 17.0. The SMILES string of the molecule is CCCCCCCCCC/C=C/C(=O)/C=C/C(=O)OC. The Kier molecular flexibility index (Phi) is 13.1. The number of hydrogen-bond acceptors (Lipinski definition) is 3. The first-order valence-corrected chi connectivity index (χ1v) is 7.67. The number of hydrogen-bond donors (Lipinski definition) is 0. The molecule has 114 valence electrons. The van der Waals surface area contributed by atoms with Gasteiger partial charge in [0.25, 0.3) is 0 Å². The summed E-state index contributed by atoms with van der Waals surface area (Å²) >= 11 is 0. The minimum absolute atomic E-state index is 0.171. The molecule has 0 unspecified atom stereocenters. The zero-order valence-corrected chi connectivity index (χ0v) is 12.9. The van der Waals surface area contributed by atoms with Crippen molar-refractivity contribution in [2.75, 3.05) is 7.11 Å². The highest BCUT2D eigenvalue weighted by atomic mass is 16.5. The third-order valence-corrected chi connectivity index (χ3v) is 3.09. The van der Waals surface area contributed by atoms with Gasteiger partial charge < -0.3 is 4.74 Å². The average molecular weight is 280 g/mol. The first-order chi connectivity index (χ1) is 9.70. The Morgan fingerprint density at radius 1 is 0.850 bits per heavy atom. The van der Waals surface area contributed by atoms with Crippen LogP contribution in [0, 0.1) is 0 Å². The monoisotopic (exact) mass is 280 g/mol. The standard InChI is InChI=1S/C17H28O3/c1-3-4-5-6-7-8-9-10-11-12-13-16(18)14-15-17(19)20-2/h12-15H,3-11H2,1-2H3/b13-12+,15-14+. The lowest BCUT2D eigenvalue weighted by Crippen LogP contribution is -1.96. The highest BCUT2D eigenvalue weighted by Gasteiger charge is 1.94. The van der Waals surface area contributed by atoms with Crippen LogP contribution in [0.5, 0.6) is 0 Å². The van der Waals surface area contributed by atoms with Gasteiger partial charge in [0, 0.05) is 6.08 Å². The number of ether oxygens (including phenoxy) is 1. The minimum Gasteiger partial charge on any atom is -0.466 e. The molecule has 0 spiro atoms. The normalized spacial score (nSPS) is 11.3. The molecule has 0 aliphatic carbocycles. The predicted molar refractivity (Wildman–Crippen MR) is 82.5 cm³/mol. The van der Waals surface area contributed by atoms with E-state index in [0.717, 1.165) is 18.9 Å². The third-order valence-electron chi connectivity index (χ3n) is 3.09. The van der Waals surface area contributed by atoms with Crippen molar-refractivity contribution in [3.63, 3.8) is 0 Å². The quantitative estimate of drug-likeness (QED) is 0.303. The van der Waals surface area contributed by atoms with Crippen LogP contribution in [0.15, 0.2) is 24.3 Å². The molecule has 20 heavy (non-hydrogen) atoms. The van der Waals surface area contributed by atoms with E-state index in [1.165, 1.54) is 64.2 Å². The predicted octanol–water partition coefficient (Wildman–Crippen LogP) is 4.37. The molecule has 0 N–H and O–H groups in total. The summed E-state index contributed by atoms with van der Waals surface area (Å²) in [5, 5.41) is 0. The first-order valence-electron chi connectivity index (χ1n) is 7.67. The topological polar surface area (TPSA) is 43.4 Å². The van der Waals surface area contributed by atoms with Crippen molar-refractivity contribution in [2.24, 2.45) is 0 Å². The molecule has 0 aliphatic heterocycles. The Labute approximate surface area is 123 Å². The summed E-state index contributed by atoms with van der Waals surface area (Å²) < 4.78 is 4.40. The summed E-state index contributed by atoms with van der Waals surface area (Å²) in [5.74, 6) is -0.676. The molecular weight excluding hydrogens is 252 g/mol. The summed E-state index contributed by atoms with van der Waals surface area (Å²) in [6.45, 7) is 2.23. The van der Waals surface area contributed by atoms with Crippen LogP contribution in [-0.2, 0) is 14.3 Å². The van der Waals surface area contributed by atoms with Gasteiger partial charge in [-0.25, -0.2) is 4.79 Å². The van der Waals surface area contributed by atoms with Crippen LogP contribution in [0.2, 0.25) is 0 Å². The molecular formula is C17H28O3. The summed E-state index contributed by atoms with van der Waals surface area (Å²) in [6, 6.07) is 0. The molecule has 0 saturated heterocycles. The van der Waals surface area contributed by atoms with Crippen LogP contribution in [0.3, 0.4) is 0 Å². The number of carbonyl (C=O) groups is 2. The van der Waals surface area contributed by atoms with Crippen molar-refractivity contribution in [1.29, 1.82) is 0 Å². The summed E-state index contributed by atoms with van der Waals surface area (Å²) in [5.41, 5.74) is 0. The fraction of sp³-hybridized carbons (Fsp3) is 0.647. The lowest BCUT2D eigenvalue weighted by Gasteiger charge is -1.99. The largest absolute Gasteiger partial charge is 0.466 e. The number of rotatable bonds is 12. The molecule has 0 bridgehead atoms. The molecule has 0 rings (SSSR count). The van der Waals surface area contributed by atoms with E-state index >= 15 is 0 Å². The van der Waals surface area contributed by atoms with Gasteiger partial charge in [-0.2, -0.15) is 0 Å². The van der Waals surface area contributed by atoms with Gasteiger partial charge in [0.1, 0.15) is 0 Å². The van der Waals surface area contributed by atoms with E-state index in [1.54, 1.807) is 0 Å². The number of carbonyl (C=O) groups excluding carboxylic acids is 2. The van der Waals surface area contributed by atoms with Gasteiger partial charge in [0.15, 0.2) is 5.78 Å². The number of allylic oxidation sites excluding steroid dienone is 3. The maximum absolute atomic E-state index is 11.3. The van der Waals surface area contributed by atoms with Crippen LogP contribution in [-0.4, -0.2) is 18.9 Å². The molecule has 0 aliphatic rings.